The third-order valence-electron chi connectivity index (χ3n) is 10.1. The van der Waals surface area contributed by atoms with E-state index in [0.29, 0.717) is 25.4 Å². The second kappa shape index (κ2) is 32.8. The lowest BCUT2D eigenvalue weighted by Gasteiger charge is -2.28. The van der Waals surface area contributed by atoms with Crippen LogP contribution in [0, 0.1) is 28.6 Å². The molecular weight excluding hydrogens is 768 g/mol. The number of carbonyl (C=O) groups excluding carboxylic acids is 6. The fourth-order valence-electron chi connectivity index (χ4n) is 4.86. The van der Waals surface area contributed by atoms with Crippen LogP contribution in [-0.4, -0.2) is 86.2 Å². The summed E-state index contributed by atoms with van der Waals surface area (Å²) in [6, 6.07) is 8.88. The zero-order chi connectivity index (χ0) is 47.2. The Hall–Kier alpha value is -4.01. The number of hydrogen-bond donors (Lipinski definition) is 4. The lowest BCUT2D eigenvalue weighted by atomic mass is 9.80. The number of amides is 4. The van der Waals surface area contributed by atoms with Crippen molar-refractivity contribution in [3.8, 4) is 0 Å². The van der Waals surface area contributed by atoms with E-state index in [9.17, 15) is 41.9 Å². The van der Waals surface area contributed by atoms with E-state index in [0.717, 1.165) is 49.0 Å². The molecule has 1 saturated heterocycles. The molecule has 1 aliphatic carbocycles. The number of nitrogens with zero attached hydrogens (tertiary/aromatic N) is 1. The molecule has 1 saturated carbocycles. The number of alkyl halides is 3. The van der Waals surface area contributed by atoms with Crippen LogP contribution in [0.2, 0.25) is 0 Å². The number of Topliss-reactive ketones (excluding diaryl/α,β-unsaturated/α-hetero) is 1. The third kappa shape index (κ3) is 28.2. The van der Waals surface area contributed by atoms with Crippen LogP contribution in [0.3, 0.4) is 0 Å². The Balaban J connectivity index is -0.000000316. The number of urea groups is 1. The first-order valence-electron chi connectivity index (χ1n) is 20.7. The van der Waals surface area contributed by atoms with Gasteiger partial charge in [0.15, 0.2) is 0 Å². The van der Waals surface area contributed by atoms with Gasteiger partial charge >= 0.3 is 18.2 Å². The first-order chi connectivity index (χ1) is 27.3. The first-order valence-corrected chi connectivity index (χ1v) is 20.7. The number of aldehydes is 1. The van der Waals surface area contributed by atoms with Crippen LogP contribution in [0.25, 0.3) is 0 Å². The molecule has 1 aromatic carbocycles. The van der Waals surface area contributed by atoms with Gasteiger partial charge in [-0.1, -0.05) is 133 Å². The van der Waals surface area contributed by atoms with Crippen LogP contribution in [0.1, 0.15) is 135 Å². The molecule has 1 aliphatic heterocycles. The van der Waals surface area contributed by atoms with Crippen LogP contribution in [0.4, 0.5) is 18.0 Å². The minimum absolute atomic E-state index is 0.135. The standard InChI is InChI=1S/C9H14N2O3.C9H10O2.C8H16N2O2.C8H17N.C6H11F3.2C2H6/c10-9(14)8(13)7(11-5-12)4-6-2-1-3-6;1-8(10)11-7-9-5-3-2-4-6-9;1-8(2,3)6(5-11)10-7(12)9-4;1-6-5-9(4)8(3)7(6)2;1-4-5(2,3)6(7,8)9;2*1-2/h5-7H,1-4H2,(H2,10,14)(H,11,12);2-6H,7H2,1H3;5-6H,1-4H3,(H2,9,10,12);6-8H,5H2,1-4H3;4H2,1-3H3;2*1-2H3. The number of rotatable bonds is 11. The van der Waals surface area contributed by atoms with E-state index < -0.39 is 35.4 Å². The van der Waals surface area contributed by atoms with Crippen molar-refractivity contribution in [1.82, 2.24) is 20.9 Å². The summed E-state index contributed by atoms with van der Waals surface area (Å²) in [6.45, 7) is 27.7. The van der Waals surface area contributed by atoms with E-state index in [-0.39, 0.29) is 23.8 Å². The predicted octanol–water partition coefficient (Wildman–Crippen LogP) is 8.25. The Labute approximate surface area is 354 Å². The number of carbonyl (C=O) groups is 6. The smallest absolute Gasteiger partial charge is 0.393 e. The fourth-order valence-corrected chi connectivity index (χ4v) is 4.86. The summed E-state index contributed by atoms with van der Waals surface area (Å²) in [6.07, 6.45) is 1.06. The number of benzene rings is 1. The SMILES string of the molecule is CC.CC.CC(=O)OCc1ccccc1.CC1CN(C)C(C)C1C.CCC(C)(C)C(F)(F)F.CNC(=O)NC(C=O)C(C)(C)C.NC(=O)C(=O)C(CC1CCC1)NC=O. The maximum absolute atomic E-state index is 11.8. The number of likely N-dealkylation sites (tertiary alicyclic amines) is 1. The number of nitrogens with one attached hydrogen (secondary N) is 3. The van der Waals surface area contributed by atoms with Gasteiger partial charge in [-0.3, -0.25) is 19.2 Å². The number of hydrogen-bond acceptors (Lipinski definition) is 8. The highest BCUT2D eigenvalue weighted by Gasteiger charge is 2.45. The summed E-state index contributed by atoms with van der Waals surface area (Å²) in [5.41, 5.74) is 4.11. The molecule has 5 unspecified atom stereocenters. The average molecular weight is 848 g/mol. The predicted molar refractivity (Wildman–Crippen MR) is 231 cm³/mol. The highest BCUT2D eigenvalue weighted by atomic mass is 19.4. The lowest BCUT2D eigenvalue weighted by Crippen LogP contribution is -2.48. The van der Waals surface area contributed by atoms with Crippen molar-refractivity contribution < 1.29 is 46.7 Å². The van der Waals surface area contributed by atoms with Gasteiger partial charge in [0.1, 0.15) is 12.9 Å². The minimum Gasteiger partial charge on any atom is -0.461 e. The molecule has 1 aromatic rings. The van der Waals surface area contributed by atoms with Gasteiger partial charge in [0.05, 0.1) is 17.5 Å². The largest absolute Gasteiger partial charge is 0.461 e. The van der Waals surface area contributed by atoms with E-state index in [1.54, 1.807) is 0 Å². The molecule has 5 N–H and O–H groups in total. The van der Waals surface area contributed by atoms with E-state index in [1.807, 2.05) is 78.8 Å². The van der Waals surface area contributed by atoms with Crippen LogP contribution in [0.15, 0.2) is 30.3 Å². The maximum Gasteiger partial charge on any atom is 0.393 e. The molecule has 2 fully saturated rings. The second-order valence-electron chi connectivity index (χ2n) is 15.8. The number of esters is 1. The molecule has 0 aromatic heterocycles. The molecule has 0 radical (unpaired) electrons. The van der Waals surface area contributed by atoms with Crippen molar-refractivity contribution in [2.45, 2.75) is 160 Å². The molecule has 2 aliphatic rings. The summed E-state index contributed by atoms with van der Waals surface area (Å²) < 4.78 is 40.3. The Morgan fingerprint density at radius 3 is 1.71 bits per heavy atom. The van der Waals surface area contributed by atoms with E-state index >= 15 is 0 Å². The van der Waals surface area contributed by atoms with Gasteiger partial charge in [-0.05, 0) is 55.5 Å². The Kier molecular flexibility index (Phi) is 34.3. The molecule has 15 heteroatoms. The van der Waals surface area contributed by atoms with Crippen molar-refractivity contribution >= 4 is 36.4 Å². The highest BCUT2D eigenvalue weighted by molar-refractivity contribution is 6.37. The van der Waals surface area contributed by atoms with Gasteiger partial charge in [0, 0.05) is 26.6 Å². The molecule has 1 heterocycles. The summed E-state index contributed by atoms with van der Waals surface area (Å²) in [5.74, 6) is 0.289. The molecule has 3 rings (SSSR count). The number of halogens is 3. The summed E-state index contributed by atoms with van der Waals surface area (Å²) in [7, 11) is 3.73. The third-order valence-corrected chi connectivity index (χ3v) is 10.1. The number of ketones is 1. The summed E-state index contributed by atoms with van der Waals surface area (Å²) >= 11 is 0. The van der Waals surface area contributed by atoms with E-state index in [1.165, 1.54) is 41.3 Å². The molecule has 12 nitrogen and oxygen atoms in total. The normalized spacial score (nSPS) is 18.1. The van der Waals surface area contributed by atoms with Gasteiger partial charge < -0.3 is 36.1 Å². The van der Waals surface area contributed by atoms with Crippen LogP contribution >= 0.6 is 0 Å². The quantitative estimate of drug-likeness (QED) is 0.0978. The Morgan fingerprint density at radius 1 is 0.949 bits per heavy atom. The van der Waals surface area contributed by atoms with Gasteiger partial charge in [0.2, 0.25) is 12.2 Å². The van der Waals surface area contributed by atoms with E-state index in [2.05, 4.69) is 48.7 Å². The summed E-state index contributed by atoms with van der Waals surface area (Å²) in [5, 5.41) is 7.26. The Bertz CT molecular complexity index is 1290. The van der Waals surface area contributed by atoms with Crippen molar-refractivity contribution in [2.24, 2.45) is 34.3 Å². The van der Waals surface area contributed by atoms with Crippen molar-refractivity contribution in [2.75, 3.05) is 20.6 Å². The van der Waals surface area contributed by atoms with Crippen LogP contribution in [-0.2, 0) is 35.3 Å². The summed E-state index contributed by atoms with van der Waals surface area (Å²) in [4.78, 5) is 66.3. The van der Waals surface area contributed by atoms with Gasteiger partial charge in [0.25, 0.3) is 5.91 Å². The average Bonchev–Trinajstić information content (AvgIpc) is 3.39. The van der Waals surface area contributed by atoms with Crippen molar-refractivity contribution in [3.05, 3.63) is 35.9 Å². The minimum atomic E-state index is -4.05. The molecule has 59 heavy (non-hydrogen) atoms. The highest BCUT2D eigenvalue weighted by Crippen LogP contribution is 2.39. The molecule has 0 bridgehead atoms. The van der Waals surface area contributed by atoms with Crippen molar-refractivity contribution in [1.29, 1.82) is 0 Å². The molecule has 4 amide bonds. The van der Waals surface area contributed by atoms with Crippen LogP contribution < -0.4 is 21.7 Å². The second-order valence-corrected chi connectivity index (χ2v) is 15.8. The van der Waals surface area contributed by atoms with Gasteiger partial charge in [-0.25, -0.2) is 4.79 Å². The number of primary amides is 1. The van der Waals surface area contributed by atoms with Crippen LogP contribution in [0.5, 0.6) is 0 Å². The lowest BCUT2D eigenvalue weighted by molar-refractivity contribution is -0.212. The maximum atomic E-state index is 11.8. The molecule has 0 spiro atoms. The monoisotopic (exact) mass is 848 g/mol. The molecule has 344 valence electrons. The first kappa shape index (κ1) is 61.7. The van der Waals surface area contributed by atoms with E-state index in [4.69, 9.17) is 10.5 Å². The molecular formula is C44H80F3N5O7. The van der Waals surface area contributed by atoms with Crippen molar-refractivity contribution in [3.63, 3.8) is 0 Å². The fraction of sp³-hybridized carbons (Fsp3) is 0.727. The zero-order valence-corrected chi connectivity index (χ0v) is 39.0. The zero-order valence-electron chi connectivity index (χ0n) is 39.0. The van der Waals surface area contributed by atoms with Gasteiger partial charge in [-0.2, -0.15) is 13.2 Å². The molecule has 5 atom stereocenters. The Morgan fingerprint density at radius 2 is 1.46 bits per heavy atom. The van der Waals surface area contributed by atoms with Gasteiger partial charge in [-0.15, -0.1) is 0 Å². The topological polar surface area (TPSA) is 177 Å². The number of nitrogens with two attached hydrogens (primary N) is 1. The number of ether oxygens (including phenoxy) is 1.